The molecule has 3 atom stereocenters. The fourth-order valence-corrected chi connectivity index (χ4v) is 5.09. The molecule has 1 aliphatic heterocycles. The standard InChI is InChI=1S/C25H39N3OSi/c1-25(2,3)30(4,5)29-19-23(20-13-7-6-8-14-20)28-18-12-10-16-22(28)24(26)21-15-9-11-17-27-21/h6-9,11,13-15,17,22-24H,10,12,16,18-19,26H2,1-5H3/t22-,23-,24-/m0/s1. The summed E-state index contributed by atoms with van der Waals surface area (Å²) in [4.78, 5) is 7.16. The highest BCUT2D eigenvalue weighted by Gasteiger charge is 2.40. The van der Waals surface area contributed by atoms with Gasteiger partial charge < -0.3 is 10.2 Å². The predicted molar refractivity (Wildman–Crippen MR) is 128 cm³/mol. The van der Waals surface area contributed by atoms with Crippen molar-refractivity contribution in [2.45, 2.75) is 76.3 Å². The molecule has 0 bridgehead atoms. The van der Waals surface area contributed by atoms with Crippen LogP contribution in [0.4, 0.5) is 0 Å². The Morgan fingerprint density at radius 1 is 1.10 bits per heavy atom. The highest BCUT2D eigenvalue weighted by Crippen LogP contribution is 2.39. The first-order chi connectivity index (χ1) is 14.2. The number of nitrogens with two attached hydrogens (primary N) is 1. The Hall–Kier alpha value is -1.53. The number of aromatic nitrogens is 1. The molecule has 5 heteroatoms. The van der Waals surface area contributed by atoms with Crippen LogP contribution in [0.25, 0.3) is 0 Å². The number of rotatable bonds is 7. The zero-order valence-electron chi connectivity index (χ0n) is 19.3. The molecule has 3 rings (SSSR count). The number of nitrogens with zero attached hydrogens (tertiary/aromatic N) is 2. The van der Waals surface area contributed by atoms with Gasteiger partial charge in [0.25, 0.3) is 0 Å². The SMILES string of the molecule is CC(C)(C)[Si](C)(C)OC[C@@H](c1ccccc1)N1CCCC[C@H]1[C@@H](N)c1ccccn1. The molecule has 0 unspecified atom stereocenters. The van der Waals surface area contributed by atoms with Crippen LogP contribution in [0.5, 0.6) is 0 Å². The Labute approximate surface area is 184 Å². The van der Waals surface area contributed by atoms with Crippen LogP contribution in [-0.4, -0.2) is 37.4 Å². The highest BCUT2D eigenvalue weighted by molar-refractivity contribution is 6.74. The summed E-state index contributed by atoms with van der Waals surface area (Å²) in [5.41, 5.74) is 9.09. The van der Waals surface area contributed by atoms with Crippen molar-refractivity contribution < 1.29 is 4.43 Å². The molecule has 1 aliphatic rings. The van der Waals surface area contributed by atoms with E-state index in [1.807, 2.05) is 18.3 Å². The van der Waals surface area contributed by atoms with E-state index in [2.05, 4.69) is 80.1 Å². The van der Waals surface area contributed by atoms with Gasteiger partial charge in [0.2, 0.25) is 0 Å². The maximum atomic E-state index is 6.79. The lowest BCUT2D eigenvalue weighted by Crippen LogP contribution is -2.50. The topological polar surface area (TPSA) is 51.4 Å². The van der Waals surface area contributed by atoms with Gasteiger partial charge >= 0.3 is 0 Å². The first-order valence-electron chi connectivity index (χ1n) is 11.3. The molecule has 0 aliphatic carbocycles. The van der Waals surface area contributed by atoms with Crippen molar-refractivity contribution in [3.63, 3.8) is 0 Å². The summed E-state index contributed by atoms with van der Waals surface area (Å²) >= 11 is 0. The number of pyridine rings is 1. The van der Waals surface area contributed by atoms with E-state index in [9.17, 15) is 0 Å². The summed E-state index contributed by atoms with van der Waals surface area (Å²) in [6, 6.07) is 17.2. The number of hydrogen-bond acceptors (Lipinski definition) is 4. The minimum Gasteiger partial charge on any atom is -0.415 e. The second kappa shape index (κ2) is 9.73. The summed E-state index contributed by atoms with van der Waals surface area (Å²) in [7, 11) is -1.85. The maximum absolute atomic E-state index is 6.79. The van der Waals surface area contributed by atoms with E-state index in [0.29, 0.717) is 6.61 Å². The molecule has 0 spiro atoms. The van der Waals surface area contributed by atoms with E-state index < -0.39 is 8.32 Å². The Bertz CT molecular complexity index is 776. The third kappa shape index (κ3) is 5.38. The lowest BCUT2D eigenvalue weighted by molar-refractivity contribution is 0.0463. The van der Waals surface area contributed by atoms with Gasteiger partial charge in [-0.1, -0.05) is 63.6 Å². The lowest BCUT2D eigenvalue weighted by Gasteiger charge is -2.45. The monoisotopic (exact) mass is 425 g/mol. The van der Waals surface area contributed by atoms with Crippen LogP contribution in [0.3, 0.4) is 0 Å². The Morgan fingerprint density at radius 2 is 1.80 bits per heavy atom. The largest absolute Gasteiger partial charge is 0.415 e. The lowest BCUT2D eigenvalue weighted by atomic mass is 9.90. The van der Waals surface area contributed by atoms with Crippen LogP contribution in [0.2, 0.25) is 18.1 Å². The quantitative estimate of drug-likeness (QED) is 0.578. The molecule has 0 radical (unpaired) electrons. The third-order valence-electron chi connectivity index (χ3n) is 7.03. The van der Waals surface area contributed by atoms with E-state index in [1.165, 1.54) is 18.4 Å². The number of piperidine rings is 1. The van der Waals surface area contributed by atoms with Crippen LogP contribution in [-0.2, 0) is 4.43 Å². The molecule has 0 saturated carbocycles. The summed E-state index contributed by atoms with van der Waals surface area (Å²) in [6.07, 6.45) is 5.36. The first-order valence-corrected chi connectivity index (χ1v) is 14.2. The van der Waals surface area contributed by atoms with Gasteiger partial charge in [0.1, 0.15) is 0 Å². The Morgan fingerprint density at radius 3 is 2.43 bits per heavy atom. The van der Waals surface area contributed by atoms with Gasteiger partial charge in [-0.25, -0.2) is 0 Å². The van der Waals surface area contributed by atoms with Gasteiger partial charge in [-0.15, -0.1) is 0 Å². The number of hydrogen-bond donors (Lipinski definition) is 1. The molecule has 0 amide bonds. The molecule has 2 aromatic rings. The van der Waals surface area contributed by atoms with Crippen molar-refractivity contribution in [2.24, 2.45) is 5.73 Å². The summed E-state index contributed by atoms with van der Waals surface area (Å²) in [5.74, 6) is 0. The fraction of sp³-hybridized carbons (Fsp3) is 0.560. The van der Waals surface area contributed by atoms with Gasteiger partial charge in [-0.3, -0.25) is 9.88 Å². The molecule has 2 heterocycles. The molecule has 30 heavy (non-hydrogen) atoms. The fourth-order valence-electron chi connectivity index (χ4n) is 4.08. The molecule has 1 aromatic carbocycles. The minimum absolute atomic E-state index is 0.0921. The normalized spacial score (nSPS) is 20.7. The average molecular weight is 426 g/mol. The molecule has 1 fully saturated rings. The van der Waals surface area contributed by atoms with Crippen molar-refractivity contribution in [3.8, 4) is 0 Å². The van der Waals surface area contributed by atoms with Gasteiger partial charge in [0.05, 0.1) is 24.4 Å². The van der Waals surface area contributed by atoms with Crippen LogP contribution < -0.4 is 5.73 Å². The summed E-state index contributed by atoms with van der Waals surface area (Å²) in [5, 5.41) is 0.194. The van der Waals surface area contributed by atoms with Crippen LogP contribution in [0.15, 0.2) is 54.7 Å². The highest BCUT2D eigenvalue weighted by atomic mass is 28.4. The van der Waals surface area contributed by atoms with Crippen molar-refractivity contribution in [1.82, 2.24) is 9.88 Å². The second-order valence-corrected chi connectivity index (χ2v) is 14.9. The number of likely N-dealkylation sites (tertiary alicyclic amines) is 1. The van der Waals surface area contributed by atoms with Crippen molar-refractivity contribution in [1.29, 1.82) is 0 Å². The molecule has 164 valence electrons. The first kappa shape index (κ1) is 23.1. The van der Waals surface area contributed by atoms with Gasteiger partial charge in [0.15, 0.2) is 8.32 Å². The van der Waals surface area contributed by atoms with Gasteiger partial charge in [-0.2, -0.15) is 0 Å². The zero-order chi connectivity index (χ0) is 21.8. The van der Waals surface area contributed by atoms with Gasteiger partial charge in [-0.05, 0) is 55.2 Å². The summed E-state index contributed by atoms with van der Waals surface area (Å²) < 4.78 is 6.74. The van der Waals surface area contributed by atoms with Crippen molar-refractivity contribution in [3.05, 3.63) is 66.0 Å². The molecule has 1 saturated heterocycles. The predicted octanol–water partition coefficient (Wildman–Crippen LogP) is 5.70. The smallest absolute Gasteiger partial charge is 0.192 e. The van der Waals surface area contributed by atoms with Crippen molar-refractivity contribution >= 4 is 8.32 Å². The minimum atomic E-state index is -1.85. The van der Waals surface area contributed by atoms with Crippen molar-refractivity contribution in [2.75, 3.05) is 13.2 Å². The molecule has 1 aromatic heterocycles. The summed E-state index contributed by atoms with van der Waals surface area (Å²) in [6.45, 7) is 13.3. The Kier molecular flexibility index (Phi) is 7.50. The van der Waals surface area contributed by atoms with Crippen LogP contribution in [0.1, 0.15) is 63.4 Å². The van der Waals surface area contributed by atoms with Gasteiger partial charge in [0, 0.05) is 12.2 Å². The number of benzene rings is 1. The average Bonchev–Trinajstić information content (AvgIpc) is 2.74. The molecular formula is C25H39N3OSi. The van der Waals surface area contributed by atoms with Crippen LogP contribution in [0, 0.1) is 0 Å². The van der Waals surface area contributed by atoms with E-state index in [1.54, 1.807) is 0 Å². The molecular weight excluding hydrogens is 386 g/mol. The van der Waals surface area contributed by atoms with E-state index in [-0.39, 0.29) is 23.2 Å². The Balaban J connectivity index is 1.89. The molecule has 4 nitrogen and oxygen atoms in total. The van der Waals surface area contributed by atoms with E-state index in [0.717, 1.165) is 18.7 Å². The zero-order valence-corrected chi connectivity index (χ0v) is 20.3. The van der Waals surface area contributed by atoms with E-state index >= 15 is 0 Å². The maximum Gasteiger partial charge on any atom is 0.192 e. The third-order valence-corrected chi connectivity index (χ3v) is 11.5. The molecule has 2 N–H and O–H groups in total. The van der Waals surface area contributed by atoms with Crippen LogP contribution >= 0.6 is 0 Å². The second-order valence-electron chi connectivity index (χ2n) is 10.1. The van der Waals surface area contributed by atoms with E-state index in [4.69, 9.17) is 10.2 Å².